The quantitative estimate of drug-likeness (QED) is 0.738. The number of hydrogen-bond acceptors (Lipinski definition) is 4. The van der Waals surface area contributed by atoms with Crippen molar-refractivity contribution in [3.8, 4) is 0 Å². The molecule has 7 heteroatoms. The van der Waals surface area contributed by atoms with Crippen molar-refractivity contribution in [2.24, 2.45) is 5.92 Å². The number of nitrogens with zero attached hydrogens (tertiary/aromatic N) is 1. The largest absolute Gasteiger partial charge is 0.487 e. The maximum atomic E-state index is 13.8. The van der Waals surface area contributed by atoms with Crippen molar-refractivity contribution in [1.82, 2.24) is 4.90 Å². The van der Waals surface area contributed by atoms with E-state index in [-0.39, 0.29) is 11.8 Å². The molecule has 1 saturated heterocycles. The van der Waals surface area contributed by atoms with E-state index in [1.807, 2.05) is 12.1 Å². The fourth-order valence-corrected chi connectivity index (χ4v) is 4.69. The van der Waals surface area contributed by atoms with E-state index in [9.17, 15) is 19.1 Å². The van der Waals surface area contributed by atoms with Crippen LogP contribution in [0.4, 0.5) is 10.1 Å². The summed E-state index contributed by atoms with van der Waals surface area (Å²) in [6.45, 7) is 2.71. The predicted molar refractivity (Wildman–Crippen MR) is 114 cm³/mol. The molecule has 0 radical (unpaired) electrons. The van der Waals surface area contributed by atoms with E-state index in [4.69, 9.17) is 4.74 Å². The number of carbonyl (C=O) groups excluding carboxylic acids is 1. The van der Waals surface area contributed by atoms with Crippen molar-refractivity contribution in [3.05, 3.63) is 64.5 Å². The van der Waals surface area contributed by atoms with Crippen molar-refractivity contribution >= 4 is 28.9 Å². The maximum Gasteiger partial charge on any atom is 0.307 e. The maximum absolute atomic E-state index is 13.8. The molecule has 3 aliphatic heterocycles. The molecule has 6 nitrogen and oxygen atoms in total. The fourth-order valence-electron chi connectivity index (χ4n) is 4.69. The highest BCUT2D eigenvalue weighted by molar-refractivity contribution is 6.36. The first-order chi connectivity index (χ1) is 15.0. The van der Waals surface area contributed by atoms with E-state index in [1.54, 1.807) is 6.07 Å². The van der Waals surface area contributed by atoms with Gasteiger partial charge in [0, 0.05) is 35.5 Å². The van der Waals surface area contributed by atoms with Gasteiger partial charge in [-0.25, -0.2) is 4.39 Å². The first kappa shape index (κ1) is 19.8. The highest BCUT2D eigenvalue weighted by atomic mass is 19.1. The number of hydrogen-bond donors (Lipinski definition) is 2. The van der Waals surface area contributed by atoms with Crippen molar-refractivity contribution in [1.29, 1.82) is 0 Å². The van der Waals surface area contributed by atoms with Gasteiger partial charge in [-0.05, 0) is 49.6 Å². The van der Waals surface area contributed by atoms with Gasteiger partial charge in [-0.3, -0.25) is 9.59 Å². The smallest absolute Gasteiger partial charge is 0.307 e. The van der Waals surface area contributed by atoms with Gasteiger partial charge in [0.25, 0.3) is 5.91 Å². The Bertz CT molecular complexity index is 1110. The topological polar surface area (TPSA) is 78.9 Å². The Morgan fingerprint density at radius 1 is 1.23 bits per heavy atom. The van der Waals surface area contributed by atoms with Crippen LogP contribution < -0.4 is 5.32 Å². The lowest BCUT2D eigenvalue weighted by Crippen LogP contribution is -2.39. The van der Waals surface area contributed by atoms with Gasteiger partial charge in [-0.2, -0.15) is 0 Å². The van der Waals surface area contributed by atoms with E-state index >= 15 is 0 Å². The number of carboxylic acids is 1. The summed E-state index contributed by atoms with van der Waals surface area (Å²) in [5.74, 6) is -1.18. The van der Waals surface area contributed by atoms with Gasteiger partial charge in [-0.1, -0.05) is 18.2 Å². The lowest BCUT2D eigenvalue weighted by atomic mass is 9.96. The zero-order valence-electron chi connectivity index (χ0n) is 17.0. The molecule has 0 aliphatic carbocycles. The number of benzene rings is 2. The molecule has 1 fully saturated rings. The number of aliphatic carboxylic acids is 1. The summed E-state index contributed by atoms with van der Waals surface area (Å²) in [5, 5.41) is 12.0. The number of halogens is 1. The second kappa shape index (κ2) is 7.81. The number of ether oxygens (including phenoxy) is 1. The first-order valence-corrected chi connectivity index (χ1v) is 10.6. The molecular weight excluding hydrogens is 399 g/mol. The molecule has 0 saturated carbocycles. The molecule has 0 aromatic heterocycles. The number of nitrogens with one attached hydrogen (secondary N) is 1. The van der Waals surface area contributed by atoms with Crippen LogP contribution in [0.2, 0.25) is 0 Å². The zero-order valence-corrected chi connectivity index (χ0v) is 17.0. The van der Waals surface area contributed by atoms with Gasteiger partial charge in [0.15, 0.2) is 0 Å². The van der Waals surface area contributed by atoms with Crippen molar-refractivity contribution < 1.29 is 23.8 Å². The minimum atomic E-state index is -0.711. The van der Waals surface area contributed by atoms with Gasteiger partial charge < -0.3 is 20.1 Å². The van der Waals surface area contributed by atoms with Crippen molar-refractivity contribution in [2.45, 2.75) is 25.9 Å². The van der Waals surface area contributed by atoms with Crippen LogP contribution >= 0.6 is 0 Å². The summed E-state index contributed by atoms with van der Waals surface area (Å²) in [5.41, 5.74) is 4.48. The van der Waals surface area contributed by atoms with Crippen LogP contribution in [0, 0.1) is 11.7 Å². The fraction of sp³-hybridized carbons (Fsp3) is 0.333. The second-order valence-electron chi connectivity index (χ2n) is 8.36. The highest BCUT2D eigenvalue weighted by Crippen LogP contribution is 2.42. The van der Waals surface area contributed by atoms with Crippen LogP contribution in [0.5, 0.6) is 0 Å². The molecule has 1 amide bonds. The summed E-state index contributed by atoms with van der Waals surface area (Å²) < 4.78 is 19.7. The highest BCUT2D eigenvalue weighted by Gasteiger charge is 2.33. The van der Waals surface area contributed by atoms with Gasteiger partial charge >= 0.3 is 5.97 Å². The lowest BCUT2D eigenvalue weighted by molar-refractivity contribution is -0.143. The standard InChI is InChI=1S/C24H23FN2O4/c25-17-4-6-20-19(11-17)21(23(28)26-20)22-18-5-3-14(10-16(18)13-31-22)7-9-27-8-1-2-15(12-27)24(29)30/h3-6,10-11,15H,1-2,7-9,12-13H2,(H,26,28)(H,29,30). The van der Waals surface area contributed by atoms with Crippen molar-refractivity contribution in [3.63, 3.8) is 0 Å². The molecule has 2 N–H and O–H groups in total. The number of piperidine rings is 1. The Labute approximate surface area is 179 Å². The molecule has 5 rings (SSSR count). The van der Waals surface area contributed by atoms with Crippen LogP contribution in [0.1, 0.15) is 35.1 Å². The number of likely N-dealkylation sites (tertiary alicyclic amines) is 1. The average molecular weight is 422 g/mol. The number of amides is 1. The molecule has 0 bridgehead atoms. The minimum Gasteiger partial charge on any atom is -0.487 e. The second-order valence-corrected chi connectivity index (χ2v) is 8.36. The summed E-state index contributed by atoms with van der Waals surface area (Å²) in [7, 11) is 0. The van der Waals surface area contributed by atoms with E-state index in [0.717, 1.165) is 49.0 Å². The molecule has 3 heterocycles. The molecule has 160 valence electrons. The number of rotatable bonds is 4. The third kappa shape index (κ3) is 3.70. The zero-order chi connectivity index (χ0) is 21.5. The molecule has 2 aromatic carbocycles. The first-order valence-electron chi connectivity index (χ1n) is 10.6. The lowest BCUT2D eigenvalue weighted by Gasteiger charge is -2.30. The van der Waals surface area contributed by atoms with Gasteiger partial charge in [-0.15, -0.1) is 0 Å². The molecule has 0 spiro atoms. The van der Waals surface area contributed by atoms with Gasteiger partial charge in [0.1, 0.15) is 18.2 Å². The summed E-state index contributed by atoms with van der Waals surface area (Å²) in [6, 6.07) is 10.3. The van der Waals surface area contributed by atoms with E-state index in [2.05, 4.69) is 16.3 Å². The van der Waals surface area contributed by atoms with E-state index < -0.39 is 11.8 Å². The monoisotopic (exact) mass is 422 g/mol. The SMILES string of the molecule is O=C1Nc2ccc(F)cc2C1=C1OCc2cc(CCN3CCCC(C(=O)O)C3)ccc21. The predicted octanol–water partition coefficient (Wildman–Crippen LogP) is 3.52. The number of fused-ring (bicyclic) bond motifs is 2. The summed E-state index contributed by atoms with van der Waals surface area (Å²) in [4.78, 5) is 26.0. The third-order valence-electron chi connectivity index (χ3n) is 6.31. The molecule has 3 aliphatic rings. The van der Waals surface area contributed by atoms with Crippen LogP contribution in [0.25, 0.3) is 11.3 Å². The Morgan fingerprint density at radius 2 is 2.10 bits per heavy atom. The third-order valence-corrected chi connectivity index (χ3v) is 6.31. The Morgan fingerprint density at radius 3 is 2.94 bits per heavy atom. The minimum absolute atomic E-state index is 0.276. The van der Waals surface area contributed by atoms with Crippen molar-refractivity contribution in [2.75, 3.05) is 25.0 Å². The summed E-state index contributed by atoms with van der Waals surface area (Å²) >= 11 is 0. The Hall–Kier alpha value is -3.19. The molecule has 2 aromatic rings. The van der Waals surface area contributed by atoms with Crippen LogP contribution in [0.15, 0.2) is 36.4 Å². The molecule has 1 atom stereocenters. The molecule has 31 heavy (non-hydrogen) atoms. The van der Waals surface area contributed by atoms with Crippen LogP contribution in [0.3, 0.4) is 0 Å². The Kier molecular flexibility index (Phi) is 4.98. The van der Waals surface area contributed by atoms with Gasteiger partial charge in [0.05, 0.1) is 11.5 Å². The van der Waals surface area contributed by atoms with E-state index in [1.165, 1.54) is 12.1 Å². The van der Waals surface area contributed by atoms with Crippen LogP contribution in [-0.4, -0.2) is 41.5 Å². The van der Waals surface area contributed by atoms with Crippen LogP contribution in [-0.2, 0) is 27.4 Å². The van der Waals surface area contributed by atoms with E-state index in [0.29, 0.717) is 35.7 Å². The molecule has 1 unspecified atom stereocenters. The number of carbonyl (C=O) groups is 2. The number of anilines is 1. The Balaban J connectivity index is 1.35. The summed E-state index contributed by atoms with van der Waals surface area (Å²) in [6.07, 6.45) is 2.48. The average Bonchev–Trinajstić information content (AvgIpc) is 3.31. The normalized spacial score (nSPS) is 22.6. The number of carboxylic acid groups (broad SMARTS) is 1. The molecular formula is C24H23FN2O4. The van der Waals surface area contributed by atoms with Gasteiger partial charge in [0.2, 0.25) is 0 Å².